The number of unbranched alkanes of at least 4 members (excludes halogenated alkanes) is 1. The maximum atomic E-state index is 13.0. The molecule has 0 fully saturated rings. The maximum Gasteiger partial charge on any atom is 0.330 e. The van der Waals surface area contributed by atoms with Crippen LogP contribution in [0.5, 0.6) is 0 Å². The predicted molar refractivity (Wildman–Crippen MR) is 136 cm³/mol. The number of nitrogen functional groups attached to an aromatic ring is 1. The summed E-state index contributed by atoms with van der Waals surface area (Å²) in [5.74, 6) is -0.508. The Kier molecular flexibility index (Phi) is 8.13. The van der Waals surface area contributed by atoms with Crippen molar-refractivity contribution in [3.05, 3.63) is 81.0 Å². The molecule has 186 valence electrons. The summed E-state index contributed by atoms with van der Waals surface area (Å²) in [6.07, 6.45) is 2.59. The summed E-state index contributed by atoms with van der Waals surface area (Å²) in [6, 6.07) is 15.1. The fraction of sp³-hybridized carbons (Fsp3) is 0.292. The lowest BCUT2D eigenvalue weighted by Crippen LogP contribution is -2.41. The van der Waals surface area contributed by atoms with Crippen molar-refractivity contribution in [3.63, 3.8) is 0 Å². The molecule has 4 N–H and O–H groups in total. The highest BCUT2D eigenvalue weighted by Crippen LogP contribution is 2.21. The maximum absolute atomic E-state index is 13.0. The van der Waals surface area contributed by atoms with Crippen molar-refractivity contribution in [3.8, 4) is 0 Å². The molecule has 1 aromatic heterocycles. The van der Waals surface area contributed by atoms with Crippen molar-refractivity contribution in [1.82, 2.24) is 9.55 Å². The van der Waals surface area contributed by atoms with Gasteiger partial charge in [-0.3, -0.25) is 19.1 Å². The summed E-state index contributed by atoms with van der Waals surface area (Å²) < 4.78 is 25.0. The van der Waals surface area contributed by atoms with Crippen LogP contribution in [-0.4, -0.2) is 36.7 Å². The number of sulfone groups is 1. The van der Waals surface area contributed by atoms with Crippen LogP contribution in [0.3, 0.4) is 0 Å². The van der Waals surface area contributed by atoms with E-state index in [1.54, 1.807) is 6.07 Å². The summed E-state index contributed by atoms with van der Waals surface area (Å²) in [4.78, 5) is 42.0. The van der Waals surface area contributed by atoms with Crippen LogP contribution < -0.4 is 27.2 Å². The zero-order valence-electron chi connectivity index (χ0n) is 19.7. The van der Waals surface area contributed by atoms with Gasteiger partial charge >= 0.3 is 5.69 Å². The highest BCUT2D eigenvalue weighted by Gasteiger charge is 2.22. The molecule has 0 unspecified atom stereocenters. The van der Waals surface area contributed by atoms with Crippen molar-refractivity contribution in [1.29, 1.82) is 0 Å². The largest absolute Gasteiger partial charge is 0.383 e. The lowest BCUT2D eigenvalue weighted by atomic mass is 10.2. The monoisotopic (exact) mass is 499 g/mol. The van der Waals surface area contributed by atoms with Crippen molar-refractivity contribution < 1.29 is 13.2 Å². The number of nitrogens with zero attached hydrogens (tertiary/aromatic N) is 2. The number of rotatable bonds is 10. The van der Waals surface area contributed by atoms with E-state index < -0.39 is 27.0 Å². The van der Waals surface area contributed by atoms with E-state index in [2.05, 4.69) is 10.3 Å². The van der Waals surface area contributed by atoms with Gasteiger partial charge in [-0.2, -0.15) is 0 Å². The first-order valence-corrected chi connectivity index (χ1v) is 13.0. The summed E-state index contributed by atoms with van der Waals surface area (Å²) in [5, 5.41) is 2.67. The number of amides is 1. The smallest absolute Gasteiger partial charge is 0.330 e. The van der Waals surface area contributed by atoms with E-state index in [0.717, 1.165) is 18.2 Å². The molecule has 3 aromatic rings. The minimum absolute atomic E-state index is 0.0181. The SMILES string of the molecule is CCCCn1c(N)c(N(CC(=O)Nc2cccc(S(C)(=O)=O)c2)Cc2ccccc2)c(=O)[nH]c1=O. The summed E-state index contributed by atoms with van der Waals surface area (Å²) in [5.41, 5.74) is 6.12. The minimum Gasteiger partial charge on any atom is -0.383 e. The average molecular weight is 500 g/mol. The van der Waals surface area contributed by atoms with Gasteiger partial charge in [-0.25, -0.2) is 13.2 Å². The summed E-state index contributed by atoms with van der Waals surface area (Å²) >= 11 is 0. The Morgan fingerprint density at radius 2 is 1.83 bits per heavy atom. The zero-order chi connectivity index (χ0) is 25.6. The van der Waals surface area contributed by atoms with E-state index in [0.29, 0.717) is 18.7 Å². The molecule has 11 heteroatoms. The van der Waals surface area contributed by atoms with Gasteiger partial charge in [0.05, 0.1) is 11.4 Å². The van der Waals surface area contributed by atoms with Gasteiger partial charge in [0, 0.05) is 25.0 Å². The van der Waals surface area contributed by atoms with Crippen LogP contribution >= 0.6 is 0 Å². The van der Waals surface area contributed by atoms with Gasteiger partial charge in [0.2, 0.25) is 5.91 Å². The highest BCUT2D eigenvalue weighted by molar-refractivity contribution is 7.90. The Bertz CT molecular complexity index is 1410. The first kappa shape index (κ1) is 25.8. The van der Waals surface area contributed by atoms with Gasteiger partial charge in [-0.1, -0.05) is 49.7 Å². The summed E-state index contributed by atoms with van der Waals surface area (Å²) in [7, 11) is -3.45. The second-order valence-electron chi connectivity index (χ2n) is 8.19. The Labute approximate surface area is 203 Å². The molecule has 35 heavy (non-hydrogen) atoms. The molecular weight excluding hydrogens is 470 g/mol. The number of hydrogen-bond acceptors (Lipinski definition) is 7. The first-order valence-electron chi connectivity index (χ1n) is 11.1. The van der Waals surface area contributed by atoms with E-state index in [1.807, 2.05) is 37.3 Å². The third-order valence-electron chi connectivity index (χ3n) is 5.36. The molecule has 0 aliphatic carbocycles. The molecule has 0 radical (unpaired) electrons. The number of nitrogens with two attached hydrogens (primary N) is 1. The number of nitrogens with one attached hydrogen (secondary N) is 2. The van der Waals surface area contributed by atoms with Crippen LogP contribution in [0.15, 0.2) is 69.1 Å². The molecule has 0 aliphatic heterocycles. The van der Waals surface area contributed by atoms with Crippen LogP contribution in [-0.2, 0) is 27.7 Å². The normalized spacial score (nSPS) is 11.3. The van der Waals surface area contributed by atoms with Crippen LogP contribution in [0.2, 0.25) is 0 Å². The second kappa shape index (κ2) is 11.0. The Balaban J connectivity index is 1.97. The first-order chi connectivity index (χ1) is 16.6. The fourth-order valence-electron chi connectivity index (χ4n) is 3.62. The third-order valence-corrected chi connectivity index (χ3v) is 6.47. The van der Waals surface area contributed by atoms with E-state index >= 15 is 0 Å². The third kappa shape index (κ3) is 6.60. The van der Waals surface area contributed by atoms with Gasteiger partial charge in [0.25, 0.3) is 5.56 Å². The predicted octanol–water partition coefficient (Wildman–Crippen LogP) is 1.97. The molecule has 0 atom stereocenters. The number of hydrogen-bond donors (Lipinski definition) is 3. The van der Waals surface area contributed by atoms with Gasteiger partial charge < -0.3 is 16.0 Å². The number of anilines is 3. The van der Waals surface area contributed by atoms with E-state index in [-0.39, 0.29) is 29.5 Å². The number of benzene rings is 2. The molecule has 0 spiro atoms. The number of aromatic amines is 1. The van der Waals surface area contributed by atoms with E-state index in [1.165, 1.54) is 27.7 Å². The van der Waals surface area contributed by atoms with Crippen LogP contribution in [0.1, 0.15) is 25.3 Å². The zero-order valence-corrected chi connectivity index (χ0v) is 20.5. The Hall–Kier alpha value is -3.86. The topological polar surface area (TPSA) is 147 Å². The molecule has 1 amide bonds. The van der Waals surface area contributed by atoms with Gasteiger partial charge in [-0.15, -0.1) is 0 Å². The second-order valence-corrected chi connectivity index (χ2v) is 10.2. The Morgan fingerprint density at radius 1 is 1.11 bits per heavy atom. The molecular formula is C24H29N5O5S. The molecule has 0 saturated heterocycles. The fourth-order valence-corrected chi connectivity index (χ4v) is 4.28. The van der Waals surface area contributed by atoms with Crippen molar-refractivity contribution in [2.75, 3.05) is 28.8 Å². The minimum atomic E-state index is -3.45. The molecule has 3 rings (SSSR count). The average Bonchev–Trinajstić information content (AvgIpc) is 2.79. The number of H-pyrrole nitrogens is 1. The lowest BCUT2D eigenvalue weighted by Gasteiger charge is -2.26. The highest BCUT2D eigenvalue weighted by atomic mass is 32.2. The van der Waals surface area contributed by atoms with E-state index in [4.69, 9.17) is 5.73 Å². The van der Waals surface area contributed by atoms with Gasteiger partial charge in [0.15, 0.2) is 9.84 Å². The molecule has 10 nitrogen and oxygen atoms in total. The number of aromatic nitrogens is 2. The van der Waals surface area contributed by atoms with Crippen LogP contribution in [0.25, 0.3) is 0 Å². The molecule has 0 aliphatic rings. The Morgan fingerprint density at radius 3 is 2.49 bits per heavy atom. The standard InChI is InChI=1S/C24H29N5O5S/c1-3-4-13-29-22(25)21(23(31)27-24(29)32)28(15-17-9-6-5-7-10-17)16-20(30)26-18-11-8-12-19(14-18)35(2,33)34/h5-12,14H,3-4,13,15-16,25H2,1-2H3,(H,26,30)(H,27,31,32). The summed E-state index contributed by atoms with van der Waals surface area (Å²) in [6.45, 7) is 2.21. The quantitative estimate of drug-likeness (QED) is 0.386. The van der Waals surface area contributed by atoms with Crippen molar-refractivity contribution >= 4 is 32.9 Å². The number of carbonyl (C=O) groups excluding carboxylic acids is 1. The molecule has 1 heterocycles. The van der Waals surface area contributed by atoms with Crippen molar-refractivity contribution in [2.45, 2.75) is 37.8 Å². The molecule has 0 saturated carbocycles. The van der Waals surface area contributed by atoms with Crippen molar-refractivity contribution in [2.24, 2.45) is 0 Å². The van der Waals surface area contributed by atoms with Gasteiger partial charge in [0.1, 0.15) is 11.5 Å². The van der Waals surface area contributed by atoms with Gasteiger partial charge in [-0.05, 0) is 30.2 Å². The lowest BCUT2D eigenvalue weighted by molar-refractivity contribution is -0.115. The molecule has 2 aromatic carbocycles. The van der Waals surface area contributed by atoms with E-state index in [9.17, 15) is 22.8 Å². The number of carbonyl (C=O) groups is 1. The molecule has 0 bridgehead atoms. The van der Waals surface area contributed by atoms with Crippen LogP contribution in [0.4, 0.5) is 17.2 Å². The van der Waals surface area contributed by atoms with Crippen LogP contribution in [0, 0.1) is 0 Å².